The minimum absolute atomic E-state index is 0.104. The van der Waals surface area contributed by atoms with Gasteiger partial charge in [-0.25, -0.2) is 0 Å². The molecule has 7 nitrogen and oxygen atoms in total. The number of hydrogen-bond donors (Lipinski definition) is 1. The fourth-order valence-electron chi connectivity index (χ4n) is 3.13. The molecule has 0 radical (unpaired) electrons. The van der Waals surface area contributed by atoms with Gasteiger partial charge in [-0.2, -0.15) is 5.26 Å². The zero-order chi connectivity index (χ0) is 20.5. The Bertz CT molecular complexity index is 632. The zero-order valence-electron chi connectivity index (χ0n) is 17.0. The number of rotatable bonds is 10. The first-order chi connectivity index (χ1) is 13.5. The summed E-state index contributed by atoms with van der Waals surface area (Å²) in [7, 11) is 1.55. The van der Waals surface area contributed by atoms with Crippen molar-refractivity contribution in [2.45, 2.75) is 70.6 Å². The summed E-state index contributed by atoms with van der Waals surface area (Å²) in [5.74, 6) is 0. The smallest absolute Gasteiger partial charge is 0.187 e. The molecular weight excluding hydrogens is 362 g/mol. The van der Waals surface area contributed by atoms with Crippen LogP contribution in [-0.4, -0.2) is 62.2 Å². The van der Waals surface area contributed by atoms with E-state index >= 15 is 0 Å². The molecule has 0 bridgehead atoms. The van der Waals surface area contributed by atoms with E-state index in [1.807, 2.05) is 39.0 Å². The second kappa shape index (κ2) is 11.5. The van der Waals surface area contributed by atoms with Crippen molar-refractivity contribution in [3.05, 3.63) is 35.4 Å². The van der Waals surface area contributed by atoms with E-state index in [1.165, 1.54) is 0 Å². The fraction of sp³-hybridized carbons (Fsp3) is 0.667. The zero-order valence-corrected chi connectivity index (χ0v) is 17.0. The number of methoxy groups -OCH3 is 1. The second-order valence-corrected chi connectivity index (χ2v) is 7.05. The average molecular weight is 393 g/mol. The van der Waals surface area contributed by atoms with Crippen molar-refractivity contribution in [3.63, 3.8) is 0 Å². The van der Waals surface area contributed by atoms with E-state index in [2.05, 4.69) is 6.07 Å². The van der Waals surface area contributed by atoms with Gasteiger partial charge < -0.3 is 28.8 Å². The van der Waals surface area contributed by atoms with Crippen LogP contribution in [0.4, 0.5) is 0 Å². The van der Waals surface area contributed by atoms with Crippen LogP contribution >= 0.6 is 0 Å². The lowest BCUT2D eigenvalue weighted by atomic mass is 9.98. The Hall–Kier alpha value is -1.53. The Labute approximate surface area is 167 Å². The highest BCUT2D eigenvalue weighted by Gasteiger charge is 2.47. The average Bonchev–Trinajstić information content (AvgIpc) is 2.68. The summed E-state index contributed by atoms with van der Waals surface area (Å²) in [5, 5.41) is 20.1. The quantitative estimate of drug-likeness (QED) is 0.653. The highest BCUT2D eigenvalue weighted by molar-refractivity contribution is 5.36. The largest absolute Gasteiger partial charge is 0.387 e. The summed E-state index contributed by atoms with van der Waals surface area (Å²) >= 11 is 0. The van der Waals surface area contributed by atoms with Gasteiger partial charge in [0.1, 0.15) is 24.4 Å². The molecule has 1 N–H and O–H groups in total. The van der Waals surface area contributed by atoms with Gasteiger partial charge in [0.05, 0.1) is 31.0 Å². The minimum Gasteiger partial charge on any atom is -0.387 e. The molecule has 1 aromatic carbocycles. The van der Waals surface area contributed by atoms with Gasteiger partial charge in [0.15, 0.2) is 6.29 Å². The summed E-state index contributed by atoms with van der Waals surface area (Å²) in [6.07, 6.45) is -2.81. The monoisotopic (exact) mass is 393 g/mol. The molecule has 28 heavy (non-hydrogen) atoms. The van der Waals surface area contributed by atoms with Gasteiger partial charge in [0, 0.05) is 13.7 Å². The Kier molecular flexibility index (Phi) is 9.32. The molecule has 5 atom stereocenters. The number of nitrogens with zero attached hydrogens (tertiary/aromatic N) is 1. The van der Waals surface area contributed by atoms with Gasteiger partial charge in [-0.05, 0) is 31.9 Å². The van der Waals surface area contributed by atoms with Gasteiger partial charge in [0.2, 0.25) is 0 Å². The van der Waals surface area contributed by atoms with Crippen molar-refractivity contribution >= 4 is 0 Å². The van der Waals surface area contributed by atoms with E-state index in [4.69, 9.17) is 23.7 Å². The molecule has 0 amide bonds. The maximum absolute atomic E-state index is 10.8. The summed E-state index contributed by atoms with van der Waals surface area (Å²) in [6, 6.07) is 9.41. The van der Waals surface area contributed by atoms with Crippen LogP contribution in [0.1, 0.15) is 38.3 Å². The third-order valence-electron chi connectivity index (χ3n) is 4.44. The van der Waals surface area contributed by atoms with Crippen molar-refractivity contribution < 1.29 is 28.8 Å². The first-order valence-corrected chi connectivity index (χ1v) is 9.70. The summed E-state index contributed by atoms with van der Waals surface area (Å²) < 4.78 is 29.1. The van der Waals surface area contributed by atoms with Crippen LogP contribution in [0.25, 0.3) is 0 Å². The van der Waals surface area contributed by atoms with E-state index in [0.717, 1.165) is 12.0 Å². The molecule has 1 aliphatic heterocycles. The van der Waals surface area contributed by atoms with Gasteiger partial charge >= 0.3 is 0 Å². The maximum atomic E-state index is 10.8. The molecule has 0 aromatic heterocycles. The third kappa shape index (κ3) is 5.98. The number of aliphatic hydroxyl groups excluding tert-OH is 1. The molecule has 0 saturated carbocycles. The topological polar surface area (TPSA) is 90.2 Å². The van der Waals surface area contributed by atoms with E-state index in [9.17, 15) is 10.4 Å². The summed E-state index contributed by atoms with van der Waals surface area (Å²) in [5.41, 5.74) is 1.31. The van der Waals surface area contributed by atoms with Crippen LogP contribution < -0.4 is 0 Å². The van der Waals surface area contributed by atoms with Gasteiger partial charge in [0.25, 0.3) is 0 Å². The van der Waals surface area contributed by atoms with Crippen molar-refractivity contribution in [2.75, 3.05) is 20.3 Å². The molecule has 156 valence electrons. The number of aliphatic hydroxyl groups is 1. The number of nitriles is 1. The van der Waals surface area contributed by atoms with Gasteiger partial charge in [-0.1, -0.05) is 25.1 Å². The molecule has 7 heteroatoms. The highest BCUT2D eigenvalue weighted by atomic mass is 16.7. The molecule has 1 aromatic rings. The predicted octanol–water partition coefficient (Wildman–Crippen LogP) is 2.40. The number of ether oxygens (including phenoxy) is 5. The van der Waals surface area contributed by atoms with Crippen LogP contribution in [-0.2, 0) is 30.3 Å². The number of hydrogen-bond acceptors (Lipinski definition) is 7. The molecule has 2 rings (SSSR count). The lowest BCUT2D eigenvalue weighted by Crippen LogP contribution is -2.61. The van der Waals surface area contributed by atoms with Crippen molar-refractivity contribution in [1.82, 2.24) is 0 Å². The summed E-state index contributed by atoms with van der Waals surface area (Å²) in [4.78, 5) is 0. The normalized spacial score (nSPS) is 27.7. The van der Waals surface area contributed by atoms with Crippen LogP contribution in [0.5, 0.6) is 0 Å². The Morgan fingerprint density at radius 2 is 1.96 bits per heavy atom. The molecular formula is C21H31NO6. The Morgan fingerprint density at radius 1 is 1.21 bits per heavy atom. The van der Waals surface area contributed by atoms with E-state index < -0.39 is 30.7 Å². The second-order valence-electron chi connectivity index (χ2n) is 7.05. The standard InChI is InChI=1S/C21H31NO6/c1-5-10-25-19-18(23)17(13-24-4)28-21(27-14(2)3)20(19)26-12-16-9-7-6-8-15(16)11-22/h6-9,14,17-21,23H,5,10,12-13H2,1-4H3/t17-,18-,19+,20-,21?/m1/s1. The minimum atomic E-state index is -0.922. The lowest BCUT2D eigenvalue weighted by molar-refractivity contribution is -0.325. The first kappa shape index (κ1) is 22.8. The van der Waals surface area contributed by atoms with E-state index in [1.54, 1.807) is 13.2 Å². The third-order valence-corrected chi connectivity index (χ3v) is 4.44. The molecule has 1 heterocycles. The Balaban J connectivity index is 2.23. The molecule has 1 saturated heterocycles. The van der Waals surface area contributed by atoms with Crippen LogP contribution in [0.3, 0.4) is 0 Å². The first-order valence-electron chi connectivity index (χ1n) is 9.70. The molecule has 0 spiro atoms. The highest BCUT2D eigenvalue weighted by Crippen LogP contribution is 2.29. The lowest BCUT2D eigenvalue weighted by Gasteiger charge is -2.44. The molecule has 0 aliphatic carbocycles. The van der Waals surface area contributed by atoms with Gasteiger partial charge in [-0.15, -0.1) is 0 Å². The SMILES string of the molecule is CCCO[C@H]1[C@H](O)[C@@H](COC)OC(OC(C)C)[C@@H]1OCc1ccccc1C#N. The molecule has 1 fully saturated rings. The van der Waals surface area contributed by atoms with E-state index in [0.29, 0.717) is 12.2 Å². The number of benzene rings is 1. The van der Waals surface area contributed by atoms with Crippen LogP contribution in [0.2, 0.25) is 0 Å². The van der Waals surface area contributed by atoms with Crippen LogP contribution in [0, 0.1) is 11.3 Å². The predicted molar refractivity (Wildman–Crippen MR) is 103 cm³/mol. The van der Waals surface area contributed by atoms with Crippen molar-refractivity contribution in [1.29, 1.82) is 5.26 Å². The van der Waals surface area contributed by atoms with Crippen LogP contribution in [0.15, 0.2) is 24.3 Å². The van der Waals surface area contributed by atoms with Crippen molar-refractivity contribution in [3.8, 4) is 6.07 Å². The summed E-state index contributed by atoms with van der Waals surface area (Å²) in [6.45, 7) is 6.69. The maximum Gasteiger partial charge on any atom is 0.187 e. The molecule has 1 aliphatic rings. The fourth-order valence-corrected chi connectivity index (χ4v) is 3.13. The van der Waals surface area contributed by atoms with Gasteiger partial charge in [-0.3, -0.25) is 0 Å². The van der Waals surface area contributed by atoms with E-state index in [-0.39, 0.29) is 19.3 Å². The Morgan fingerprint density at radius 3 is 2.61 bits per heavy atom. The molecule has 1 unspecified atom stereocenters. The van der Waals surface area contributed by atoms with Crippen molar-refractivity contribution in [2.24, 2.45) is 0 Å².